The summed E-state index contributed by atoms with van der Waals surface area (Å²) in [6, 6.07) is 14.4. The number of anilines is 4. The van der Waals surface area contributed by atoms with E-state index in [0.717, 1.165) is 36.6 Å². The first-order valence-electron chi connectivity index (χ1n) is 9.58. The third-order valence-corrected chi connectivity index (χ3v) is 6.44. The van der Waals surface area contributed by atoms with Gasteiger partial charge in [0, 0.05) is 24.1 Å². The van der Waals surface area contributed by atoms with Crippen LogP contribution in [-0.4, -0.2) is 39.1 Å². The van der Waals surface area contributed by atoms with Crippen molar-refractivity contribution < 1.29 is 13.2 Å². The molecule has 8 nitrogen and oxygen atoms in total. The molecule has 1 aromatic heterocycles. The number of methoxy groups -OCH3 is 1. The lowest BCUT2D eigenvalue weighted by Crippen LogP contribution is -2.25. The molecule has 4 rings (SSSR count). The summed E-state index contributed by atoms with van der Waals surface area (Å²) in [6.45, 7) is 0.867. The molecule has 2 heterocycles. The van der Waals surface area contributed by atoms with E-state index in [9.17, 15) is 8.42 Å². The molecule has 1 aliphatic rings. The van der Waals surface area contributed by atoms with Crippen LogP contribution in [0.3, 0.4) is 0 Å². The fourth-order valence-corrected chi connectivity index (χ4v) is 4.19. The lowest BCUT2D eigenvalue weighted by atomic mass is 10.0. The van der Waals surface area contributed by atoms with Crippen LogP contribution in [0.2, 0.25) is 0 Å². The molecule has 3 aromatic rings. The normalized spacial score (nSPS) is 13.6. The molecule has 156 valence electrons. The maximum Gasteiger partial charge on any atom is 0.240 e. The van der Waals surface area contributed by atoms with Gasteiger partial charge in [0.1, 0.15) is 11.6 Å². The first-order chi connectivity index (χ1) is 14.5. The number of nitrogens with zero attached hydrogens (tertiary/aromatic N) is 3. The maximum absolute atomic E-state index is 11.9. The number of sulfonamides is 1. The summed E-state index contributed by atoms with van der Waals surface area (Å²) in [4.78, 5) is 11.3. The minimum Gasteiger partial charge on any atom is -0.497 e. The van der Waals surface area contributed by atoms with Gasteiger partial charge in [-0.15, -0.1) is 0 Å². The van der Waals surface area contributed by atoms with Gasteiger partial charge in [0.2, 0.25) is 16.0 Å². The van der Waals surface area contributed by atoms with E-state index < -0.39 is 10.0 Å². The molecule has 0 fully saturated rings. The molecule has 1 aliphatic heterocycles. The molecule has 2 aromatic carbocycles. The number of ether oxygens (including phenoxy) is 1. The average Bonchev–Trinajstić information content (AvgIpc) is 2.79. The second-order valence-corrected chi connectivity index (χ2v) is 8.73. The summed E-state index contributed by atoms with van der Waals surface area (Å²) < 4.78 is 31.4. The summed E-state index contributed by atoms with van der Waals surface area (Å²) in [6.07, 6.45) is 3.73. The number of aryl methyl sites for hydroxylation is 1. The van der Waals surface area contributed by atoms with Crippen molar-refractivity contribution in [1.29, 1.82) is 0 Å². The van der Waals surface area contributed by atoms with Crippen LogP contribution in [0.5, 0.6) is 5.75 Å². The monoisotopic (exact) mass is 425 g/mol. The molecule has 0 amide bonds. The smallest absolute Gasteiger partial charge is 0.240 e. The van der Waals surface area contributed by atoms with E-state index in [1.54, 1.807) is 25.4 Å². The van der Waals surface area contributed by atoms with Crippen LogP contribution in [-0.2, 0) is 16.4 Å². The number of nitrogens with one attached hydrogen (secondary N) is 2. The molecule has 0 spiro atoms. The number of hydrogen-bond acceptors (Lipinski definition) is 7. The van der Waals surface area contributed by atoms with E-state index >= 15 is 0 Å². The van der Waals surface area contributed by atoms with Crippen LogP contribution in [0, 0.1) is 0 Å². The molecular formula is C21H23N5O3S. The summed E-state index contributed by atoms with van der Waals surface area (Å²) in [5.41, 5.74) is 3.05. The first-order valence-corrected chi connectivity index (χ1v) is 11.1. The summed E-state index contributed by atoms with van der Waals surface area (Å²) >= 11 is 0. The van der Waals surface area contributed by atoms with Crippen LogP contribution in [0.25, 0.3) is 0 Å². The number of aromatic nitrogens is 2. The maximum atomic E-state index is 11.9. The Bertz CT molecular complexity index is 1150. The van der Waals surface area contributed by atoms with Crippen LogP contribution in [0.15, 0.2) is 59.6 Å². The van der Waals surface area contributed by atoms with Crippen molar-refractivity contribution in [2.45, 2.75) is 17.7 Å². The largest absolute Gasteiger partial charge is 0.497 e. The molecule has 0 atom stereocenters. The van der Waals surface area contributed by atoms with Crippen LogP contribution in [0.1, 0.15) is 12.0 Å². The van der Waals surface area contributed by atoms with Crippen molar-refractivity contribution in [2.75, 3.05) is 30.9 Å². The lowest BCUT2D eigenvalue weighted by Gasteiger charge is -2.30. The van der Waals surface area contributed by atoms with Gasteiger partial charge in [0.05, 0.1) is 12.0 Å². The van der Waals surface area contributed by atoms with Gasteiger partial charge in [-0.3, -0.25) is 0 Å². The molecule has 0 aliphatic carbocycles. The van der Waals surface area contributed by atoms with Gasteiger partial charge in [-0.1, -0.05) is 0 Å². The van der Waals surface area contributed by atoms with Gasteiger partial charge in [-0.25, -0.2) is 18.1 Å². The Labute approximate surface area is 176 Å². The molecule has 9 heteroatoms. The van der Waals surface area contributed by atoms with Crippen molar-refractivity contribution in [3.63, 3.8) is 0 Å². The van der Waals surface area contributed by atoms with Crippen molar-refractivity contribution in [3.8, 4) is 5.75 Å². The highest BCUT2D eigenvalue weighted by atomic mass is 32.2. The van der Waals surface area contributed by atoms with Crippen LogP contribution in [0.4, 0.5) is 23.1 Å². The number of hydrogen-bond donors (Lipinski definition) is 2. The molecule has 0 unspecified atom stereocenters. The SMILES string of the molecule is CNS(=O)(=O)c1ccc(Nc2nccc(N3CCCc4cc(OC)ccc43)n2)cc1. The fraction of sp³-hybridized carbons (Fsp3) is 0.238. The molecule has 0 bridgehead atoms. The fourth-order valence-electron chi connectivity index (χ4n) is 3.46. The number of benzene rings is 2. The topological polar surface area (TPSA) is 96.5 Å². The highest BCUT2D eigenvalue weighted by Gasteiger charge is 2.20. The van der Waals surface area contributed by atoms with Gasteiger partial charge in [-0.05, 0) is 74.0 Å². The van der Waals surface area contributed by atoms with Gasteiger partial charge in [-0.2, -0.15) is 4.98 Å². The van der Waals surface area contributed by atoms with Gasteiger partial charge in [0.15, 0.2) is 0 Å². The van der Waals surface area contributed by atoms with Gasteiger partial charge >= 0.3 is 0 Å². The quantitative estimate of drug-likeness (QED) is 0.626. The number of fused-ring (bicyclic) bond motifs is 1. The standard InChI is InChI=1S/C21H23N5O3S/c1-22-30(27,28)18-8-5-16(6-9-18)24-21-23-12-11-20(25-21)26-13-3-4-15-14-17(29-2)7-10-19(15)26/h5-12,14,22H,3-4,13H2,1-2H3,(H,23,24,25). The highest BCUT2D eigenvalue weighted by molar-refractivity contribution is 7.89. The van der Waals surface area contributed by atoms with Gasteiger partial charge in [0.25, 0.3) is 0 Å². The molecular weight excluding hydrogens is 402 g/mol. The van der Waals surface area contributed by atoms with Crippen LogP contribution >= 0.6 is 0 Å². The highest BCUT2D eigenvalue weighted by Crippen LogP contribution is 2.35. The van der Waals surface area contributed by atoms with E-state index in [-0.39, 0.29) is 4.90 Å². The minimum atomic E-state index is -3.47. The zero-order valence-electron chi connectivity index (χ0n) is 16.8. The van der Waals surface area contributed by atoms with E-state index in [2.05, 4.69) is 37.0 Å². The first kappa shape index (κ1) is 20.1. The van der Waals surface area contributed by atoms with Crippen molar-refractivity contribution in [1.82, 2.24) is 14.7 Å². The molecule has 0 saturated heterocycles. The zero-order chi connectivity index (χ0) is 21.1. The summed E-state index contributed by atoms with van der Waals surface area (Å²) in [7, 11) is -0.411. The molecule has 2 N–H and O–H groups in total. The van der Waals surface area contributed by atoms with E-state index in [1.807, 2.05) is 12.1 Å². The predicted octanol–water partition coefficient (Wildman–Crippen LogP) is 3.22. The summed E-state index contributed by atoms with van der Waals surface area (Å²) in [5, 5.41) is 3.14. The summed E-state index contributed by atoms with van der Waals surface area (Å²) in [5.74, 6) is 2.09. The average molecular weight is 426 g/mol. The van der Waals surface area contributed by atoms with E-state index in [1.165, 1.54) is 24.7 Å². The molecule has 30 heavy (non-hydrogen) atoms. The molecule has 0 saturated carbocycles. The Hall–Kier alpha value is -3.17. The second-order valence-electron chi connectivity index (χ2n) is 6.85. The predicted molar refractivity (Wildman–Crippen MR) is 116 cm³/mol. The zero-order valence-corrected chi connectivity index (χ0v) is 17.6. The number of rotatable bonds is 6. The van der Waals surface area contributed by atoms with E-state index in [0.29, 0.717) is 11.6 Å². The molecule has 0 radical (unpaired) electrons. The second kappa shape index (κ2) is 8.29. The van der Waals surface area contributed by atoms with Crippen molar-refractivity contribution in [3.05, 3.63) is 60.3 Å². The Kier molecular flexibility index (Phi) is 5.56. The Morgan fingerprint density at radius 3 is 2.63 bits per heavy atom. The Balaban J connectivity index is 1.57. The van der Waals surface area contributed by atoms with Gasteiger partial charge < -0.3 is 15.0 Å². The van der Waals surface area contributed by atoms with Crippen molar-refractivity contribution >= 4 is 33.2 Å². The Morgan fingerprint density at radius 2 is 1.90 bits per heavy atom. The minimum absolute atomic E-state index is 0.200. The lowest BCUT2D eigenvalue weighted by molar-refractivity contribution is 0.414. The van der Waals surface area contributed by atoms with Crippen molar-refractivity contribution in [2.24, 2.45) is 0 Å². The Morgan fingerprint density at radius 1 is 1.10 bits per heavy atom. The third-order valence-electron chi connectivity index (χ3n) is 5.01. The van der Waals surface area contributed by atoms with E-state index in [4.69, 9.17) is 4.74 Å². The van der Waals surface area contributed by atoms with Crippen LogP contribution < -0.4 is 19.7 Å². The third kappa shape index (κ3) is 4.07.